The SMILES string of the molecule is c1ccc(-c2cccc(-c3ccc(N(c4ccc(-c5cccc(-n6c7ccccc7c7ccccc76)c5)cc4)c4ccc(-c5ccc6oc7c(-c8ccccc8)cccc7c6c5)cc4)cc3)c2)cc1. The van der Waals surface area contributed by atoms with Crippen LogP contribution in [0.4, 0.5) is 17.1 Å². The summed E-state index contributed by atoms with van der Waals surface area (Å²) in [5, 5.41) is 4.75. The molecule has 0 N–H and O–H groups in total. The summed E-state index contributed by atoms with van der Waals surface area (Å²) in [6.07, 6.45) is 0. The molecule has 0 aliphatic rings. The molecule has 0 spiro atoms. The number of anilines is 3. The zero-order valence-corrected chi connectivity index (χ0v) is 37.7. The molecule has 13 aromatic rings. The highest BCUT2D eigenvalue weighted by atomic mass is 16.3. The quantitative estimate of drug-likeness (QED) is 0.144. The van der Waals surface area contributed by atoms with E-state index in [-0.39, 0.29) is 0 Å². The number of hydrogen-bond donors (Lipinski definition) is 0. The van der Waals surface area contributed by atoms with Gasteiger partial charge in [0.15, 0.2) is 0 Å². The van der Waals surface area contributed by atoms with Crippen LogP contribution in [0.3, 0.4) is 0 Å². The third kappa shape index (κ3) is 7.25. The number of nitrogens with zero attached hydrogens (tertiary/aromatic N) is 2. The van der Waals surface area contributed by atoms with Crippen LogP contribution in [0, 0.1) is 0 Å². The van der Waals surface area contributed by atoms with E-state index in [4.69, 9.17) is 4.42 Å². The Labute approximate surface area is 401 Å². The summed E-state index contributed by atoms with van der Waals surface area (Å²) in [6.45, 7) is 0. The van der Waals surface area contributed by atoms with Gasteiger partial charge in [-0.3, -0.25) is 0 Å². The van der Waals surface area contributed by atoms with E-state index in [1.165, 1.54) is 44.1 Å². The molecule has 0 saturated heterocycles. The number of para-hydroxylation sites is 3. The topological polar surface area (TPSA) is 21.3 Å². The molecule has 11 aromatic carbocycles. The van der Waals surface area contributed by atoms with Crippen molar-refractivity contribution in [3.8, 4) is 61.3 Å². The van der Waals surface area contributed by atoms with E-state index in [1.807, 2.05) is 6.07 Å². The summed E-state index contributed by atoms with van der Waals surface area (Å²) in [6, 6.07) is 96.0. The van der Waals surface area contributed by atoms with Crippen molar-refractivity contribution < 1.29 is 4.42 Å². The Morgan fingerprint density at radius 2 is 0.696 bits per heavy atom. The predicted molar refractivity (Wildman–Crippen MR) is 290 cm³/mol. The minimum absolute atomic E-state index is 0.886. The van der Waals surface area contributed by atoms with Crippen molar-refractivity contribution in [1.29, 1.82) is 0 Å². The van der Waals surface area contributed by atoms with Crippen LogP contribution in [-0.2, 0) is 0 Å². The van der Waals surface area contributed by atoms with Gasteiger partial charge in [0.05, 0.1) is 11.0 Å². The maximum absolute atomic E-state index is 6.52. The lowest BCUT2D eigenvalue weighted by molar-refractivity contribution is 0.670. The molecule has 0 aliphatic carbocycles. The third-order valence-corrected chi connectivity index (χ3v) is 13.6. The van der Waals surface area contributed by atoms with Gasteiger partial charge in [-0.2, -0.15) is 0 Å². The molecular formula is C66H44N2O. The minimum Gasteiger partial charge on any atom is -0.455 e. The zero-order valence-electron chi connectivity index (χ0n) is 37.7. The number of aromatic nitrogens is 1. The van der Waals surface area contributed by atoms with Crippen molar-refractivity contribution in [3.63, 3.8) is 0 Å². The first-order chi connectivity index (χ1) is 34.2. The highest BCUT2D eigenvalue weighted by Crippen LogP contribution is 2.41. The Bertz CT molecular complexity index is 3930. The fourth-order valence-electron chi connectivity index (χ4n) is 10.2. The molecule has 0 aliphatic heterocycles. The van der Waals surface area contributed by atoms with Crippen molar-refractivity contribution >= 4 is 60.8 Å². The van der Waals surface area contributed by atoms with E-state index in [9.17, 15) is 0 Å². The summed E-state index contributed by atoms with van der Waals surface area (Å²) >= 11 is 0. The third-order valence-electron chi connectivity index (χ3n) is 13.6. The monoisotopic (exact) mass is 880 g/mol. The molecule has 3 heteroatoms. The van der Waals surface area contributed by atoms with E-state index < -0.39 is 0 Å². The number of rotatable bonds is 9. The lowest BCUT2D eigenvalue weighted by atomic mass is 9.98. The molecule has 2 aromatic heterocycles. The van der Waals surface area contributed by atoms with Crippen molar-refractivity contribution in [2.75, 3.05) is 4.90 Å². The van der Waals surface area contributed by atoms with Crippen LogP contribution >= 0.6 is 0 Å². The van der Waals surface area contributed by atoms with E-state index in [0.29, 0.717) is 0 Å². The Morgan fingerprint density at radius 1 is 0.275 bits per heavy atom. The molecule has 0 amide bonds. The van der Waals surface area contributed by atoms with Crippen LogP contribution in [0.2, 0.25) is 0 Å². The van der Waals surface area contributed by atoms with Crippen LogP contribution in [0.25, 0.3) is 105 Å². The molecule has 324 valence electrons. The number of benzene rings is 11. The molecule has 0 unspecified atom stereocenters. The molecule has 2 heterocycles. The second-order valence-electron chi connectivity index (χ2n) is 17.7. The number of furan rings is 1. The smallest absolute Gasteiger partial charge is 0.143 e. The van der Waals surface area contributed by atoms with Gasteiger partial charge in [0.25, 0.3) is 0 Å². The van der Waals surface area contributed by atoms with Crippen LogP contribution in [-0.4, -0.2) is 4.57 Å². The highest BCUT2D eigenvalue weighted by Gasteiger charge is 2.17. The fourth-order valence-corrected chi connectivity index (χ4v) is 10.2. The van der Waals surface area contributed by atoms with Crippen molar-refractivity contribution in [3.05, 3.63) is 267 Å². The lowest BCUT2D eigenvalue weighted by Crippen LogP contribution is -2.09. The Hall–Kier alpha value is -9.18. The maximum atomic E-state index is 6.52. The van der Waals surface area contributed by atoms with Crippen LogP contribution < -0.4 is 4.90 Å². The zero-order chi connectivity index (χ0) is 45.7. The van der Waals surface area contributed by atoms with Gasteiger partial charge in [0.1, 0.15) is 11.2 Å². The fraction of sp³-hybridized carbons (Fsp3) is 0. The van der Waals surface area contributed by atoms with Gasteiger partial charge in [0.2, 0.25) is 0 Å². The predicted octanol–water partition coefficient (Wildman–Crippen LogP) is 18.5. The van der Waals surface area contributed by atoms with Crippen molar-refractivity contribution in [1.82, 2.24) is 4.57 Å². The second-order valence-corrected chi connectivity index (χ2v) is 17.7. The molecule has 3 nitrogen and oxygen atoms in total. The van der Waals surface area contributed by atoms with E-state index in [0.717, 1.165) is 78.1 Å². The lowest BCUT2D eigenvalue weighted by Gasteiger charge is -2.26. The Morgan fingerprint density at radius 3 is 1.28 bits per heavy atom. The number of hydrogen-bond acceptors (Lipinski definition) is 2. The summed E-state index contributed by atoms with van der Waals surface area (Å²) in [5.74, 6) is 0. The second kappa shape index (κ2) is 16.9. The average Bonchev–Trinajstić information content (AvgIpc) is 3.98. The van der Waals surface area contributed by atoms with Crippen LogP contribution in [0.15, 0.2) is 271 Å². The van der Waals surface area contributed by atoms with E-state index in [2.05, 4.69) is 270 Å². The van der Waals surface area contributed by atoms with Gasteiger partial charge >= 0.3 is 0 Å². The Balaban J connectivity index is 0.862. The van der Waals surface area contributed by atoms with Crippen molar-refractivity contribution in [2.24, 2.45) is 0 Å². The Kier molecular flexibility index (Phi) is 9.84. The van der Waals surface area contributed by atoms with Crippen molar-refractivity contribution in [2.45, 2.75) is 0 Å². The molecule has 0 atom stereocenters. The normalized spacial score (nSPS) is 11.5. The van der Waals surface area contributed by atoms with Gasteiger partial charge in [-0.1, -0.05) is 188 Å². The molecular weight excluding hydrogens is 837 g/mol. The summed E-state index contributed by atoms with van der Waals surface area (Å²) in [7, 11) is 0. The van der Waals surface area contributed by atoms with Gasteiger partial charge in [-0.05, 0) is 129 Å². The van der Waals surface area contributed by atoms with E-state index in [1.54, 1.807) is 0 Å². The first-order valence-electron chi connectivity index (χ1n) is 23.6. The molecule has 0 radical (unpaired) electrons. The summed E-state index contributed by atoms with van der Waals surface area (Å²) in [5.41, 5.74) is 20.2. The average molecular weight is 881 g/mol. The molecule has 69 heavy (non-hydrogen) atoms. The molecule has 0 fully saturated rings. The van der Waals surface area contributed by atoms with E-state index >= 15 is 0 Å². The molecule has 0 saturated carbocycles. The molecule has 13 rings (SSSR count). The summed E-state index contributed by atoms with van der Waals surface area (Å²) in [4.78, 5) is 2.35. The highest BCUT2D eigenvalue weighted by molar-refractivity contribution is 6.11. The van der Waals surface area contributed by atoms with Crippen LogP contribution in [0.1, 0.15) is 0 Å². The van der Waals surface area contributed by atoms with Gasteiger partial charge in [-0.15, -0.1) is 0 Å². The minimum atomic E-state index is 0.886. The maximum Gasteiger partial charge on any atom is 0.143 e. The number of fused-ring (bicyclic) bond motifs is 6. The van der Waals surface area contributed by atoms with Gasteiger partial charge < -0.3 is 13.9 Å². The largest absolute Gasteiger partial charge is 0.455 e. The first-order valence-corrected chi connectivity index (χ1v) is 23.6. The summed E-state index contributed by atoms with van der Waals surface area (Å²) < 4.78 is 8.90. The molecule has 0 bridgehead atoms. The van der Waals surface area contributed by atoms with Gasteiger partial charge in [-0.25, -0.2) is 0 Å². The first kappa shape index (κ1) is 40.1. The van der Waals surface area contributed by atoms with Gasteiger partial charge in [0, 0.05) is 49.9 Å². The standard InChI is InChI=1S/C66H44N2O/c1-3-14-45(15-4-1)50-18-11-19-51(42-50)46-28-35-54(36-29-46)67(55-37-30-47(31-38-55)52-20-12-21-57(43-52)68-63-26-9-7-22-59(63)60-23-8-10-27-64(60)68)56-39-32-48(33-40-56)53-34-41-65-62(44-53)61-25-13-24-58(66(61)69-65)49-16-5-2-6-17-49/h1-44H. The van der Waals surface area contributed by atoms with Crippen LogP contribution in [0.5, 0.6) is 0 Å².